The van der Waals surface area contributed by atoms with Crippen molar-refractivity contribution in [3.05, 3.63) is 51.3 Å². The van der Waals surface area contributed by atoms with E-state index in [1.54, 1.807) is 22.9 Å². The number of aromatic nitrogens is 2. The van der Waals surface area contributed by atoms with Crippen LogP contribution in [0.5, 0.6) is 0 Å². The number of hydrogen-bond donors (Lipinski definition) is 1. The van der Waals surface area contributed by atoms with Gasteiger partial charge in [0, 0.05) is 18.3 Å². The van der Waals surface area contributed by atoms with Crippen LogP contribution in [0.25, 0.3) is 0 Å². The molecular weight excluding hydrogens is 259 g/mol. The number of nitrogens with zero attached hydrogens (tertiary/aromatic N) is 2. The van der Waals surface area contributed by atoms with Gasteiger partial charge in [0.05, 0.1) is 15.7 Å². The highest BCUT2D eigenvalue weighted by atomic mass is 35.5. The highest BCUT2D eigenvalue weighted by Crippen LogP contribution is 2.32. The Labute approximate surface area is 110 Å². The maximum atomic E-state index is 10.2. The quantitative estimate of drug-likeness (QED) is 0.911. The number of aliphatic hydroxyl groups is 1. The standard InChI is InChI=1S/C12H12Cl2N2O/c1-7-6-10(15-16(7)2)12(17)8-4-3-5-9(13)11(8)14/h3-6,12,17H,1-2H3. The molecule has 0 amide bonds. The van der Waals surface area contributed by atoms with Gasteiger partial charge in [-0.1, -0.05) is 35.3 Å². The second-order valence-electron chi connectivity index (χ2n) is 3.88. The topological polar surface area (TPSA) is 38.1 Å². The van der Waals surface area contributed by atoms with E-state index in [-0.39, 0.29) is 0 Å². The first-order valence-electron chi connectivity index (χ1n) is 5.13. The monoisotopic (exact) mass is 270 g/mol. The lowest BCUT2D eigenvalue weighted by Crippen LogP contribution is -2.02. The summed E-state index contributed by atoms with van der Waals surface area (Å²) in [6.45, 7) is 1.92. The lowest BCUT2D eigenvalue weighted by atomic mass is 10.1. The molecule has 2 rings (SSSR count). The largest absolute Gasteiger partial charge is 0.382 e. The van der Waals surface area contributed by atoms with Crippen molar-refractivity contribution in [1.82, 2.24) is 9.78 Å². The number of rotatable bonds is 2. The summed E-state index contributed by atoms with van der Waals surface area (Å²) in [5, 5.41) is 15.2. The number of hydrogen-bond acceptors (Lipinski definition) is 2. The molecule has 0 aliphatic heterocycles. The van der Waals surface area contributed by atoms with Crippen molar-refractivity contribution >= 4 is 23.2 Å². The summed E-state index contributed by atoms with van der Waals surface area (Å²) in [5.41, 5.74) is 2.10. The average molecular weight is 271 g/mol. The van der Waals surface area contributed by atoms with Gasteiger partial charge in [-0.3, -0.25) is 4.68 Å². The second kappa shape index (κ2) is 4.69. The number of halogens is 2. The zero-order chi connectivity index (χ0) is 12.6. The molecule has 1 unspecified atom stereocenters. The molecule has 0 saturated carbocycles. The Hall–Kier alpha value is -1.03. The summed E-state index contributed by atoms with van der Waals surface area (Å²) in [6, 6.07) is 7.00. The maximum Gasteiger partial charge on any atom is 0.124 e. The van der Waals surface area contributed by atoms with Crippen LogP contribution in [0.15, 0.2) is 24.3 Å². The predicted molar refractivity (Wildman–Crippen MR) is 68.5 cm³/mol. The Morgan fingerprint density at radius 2 is 2.06 bits per heavy atom. The van der Waals surface area contributed by atoms with Gasteiger partial charge in [-0.15, -0.1) is 0 Å². The zero-order valence-electron chi connectivity index (χ0n) is 9.48. The first-order chi connectivity index (χ1) is 8.00. The molecule has 1 atom stereocenters. The van der Waals surface area contributed by atoms with Crippen molar-refractivity contribution in [1.29, 1.82) is 0 Å². The maximum absolute atomic E-state index is 10.2. The molecule has 3 nitrogen and oxygen atoms in total. The van der Waals surface area contributed by atoms with E-state index in [2.05, 4.69) is 5.10 Å². The van der Waals surface area contributed by atoms with Crippen LogP contribution in [0.2, 0.25) is 10.0 Å². The van der Waals surface area contributed by atoms with E-state index >= 15 is 0 Å². The summed E-state index contributed by atoms with van der Waals surface area (Å²) in [5.74, 6) is 0. The van der Waals surface area contributed by atoms with Gasteiger partial charge in [-0.2, -0.15) is 5.10 Å². The summed E-state index contributed by atoms with van der Waals surface area (Å²) >= 11 is 12.0. The number of aliphatic hydroxyl groups excluding tert-OH is 1. The van der Waals surface area contributed by atoms with Crippen molar-refractivity contribution in [2.24, 2.45) is 7.05 Å². The molecule has 0 radical (unpaired) electrons. The van der Waals surface area contributed by atoms with Crippen LogP contribution in [0.4, 0.5) is 0 Å². The van der Waals surface area contributed by atoms with Gasteiger partial charge in [0.25, 0.3) is 0 Å². The van der Waals surface area contributed by atoms with E-state index < -0.39 is 6.10 Å². The third-order valence-corrected chi connectivity index (χ3v) is 3.52. The van der Waals surface area contributed by atoms with Gasteiger partial charge in [0.2, 0.25) is 0 Å². The summed E-state index contributed by atoms with van der Waals surface area (Å²) < 4.78 is 1.71. The highest BCUT2D eigenvalue weighted by molar-refractivity contribution is 6.42. The molecule has 1 N–H and O–H groups in total. The molecule has 1 heterocycles. The van der Waals surface area contributed by atoms with Crippen LogP contribution in [0.1, 0.15) is 23.1 Å². The Kier molecular flexibility index (Phi) is 3.43. The molecule has 0 bridgehead atoms. The first kappa shape index (κ1) is 12.4. The molecule has 2 aromatic rings. The Bertz CT molecular complexity index is 532. The molecule has 17 heavy (non-hydrogen) atoms. The van der Waals surface area contributed by atoms with Gasteiger partial charge in [0.1, 0.15) is 6.10 Å². The van der Waals surface area contributed by atoms with Crippen molar-refractivity contribution in [3.63, 3.8) is 0 Å². The minimum Gasteiger partial charge on any atom is -0.382 e. The lowest BCUT2D eigenvalue weighted by Gasteiger charge is -2.10. The molecule has 90 valence electrons. The molecule has 0 aliphatic carbocycles. The van der Waals surface area contributed by atoms with Gasteiger partial charge in [0.15, 0.2) is 0 Å². The Balaban J connectivity index is 2.43. The molecule has 0 spiro atoms. The minimum atomic E-state index is -0.860. The van der Waals surface area contributed by atoms with Crippen molar-refractivity contribution < 1.29 is 5.11 Å². The van der Waals surface area contributed by atoms with E-state index in [1.807, 2.05) is 20.0 Å². The van der Waals surface area contributed by atoms with Crippen molar-refractivity contribution in [3.8, 4) is 0 Å². The van der Waals surface area contributed by atoms with Gasteiger partial charge in [-0.25, -0.2) is 0 Å². The smallest absolute Gasteiger partial charge is 0.124 e. The van der Waals surface area contributed by atoms with Crippen molar-refractivity contribution in [2.75, 3.05) is 0 Å². The normalized spacial score (nSPS) is 12.8. The van der Waals surface area contributed by atoms with Gasteiger partial charge < -0.3 is 5.11 Å². The minimum absolute atomic E-state index is 0.366. The summed E-state index contributed by atoms with van der Waals surface area (Å²) in [7, 11) is 1.82. The SMILES string of the molecule is Cc1cc(C(O)c2cccc(Cl)c2Cl)nn1C. The molecule has 0 aliphatic rings. The van der Waals surface area contributed by atoms with Crippen molar-refractivity contribution in [2.45, 2.75) is 13.0 Å². The first-order valence-corrected chi connectivity index (χ1v) is 5.89. The summed E-state index contributed by atoms with van der Waals surface area (Å²) in [4.78, 5) is 0. The van der Waals surface area contributed by atoms with E-state index in [9.17, 15) is 5.11 Å². The van der Waals surface area contributed by atoms with Crippen LogP contribution in [-0.2, 0) is 7.05 Å². The zero-order valence-corrected chi connectivity index (χ0v) is 11.0. The number of benzene rings is 1. The van der Waals surface area contributed by atoms with E-state index in [1.165, 1.54) is 0 Å². The predicted octanol–water partition coefficient (Wildman–Crippen LogP) is 3.12. The highest BCUT2D eigenvalue weighted by Gasteiger charge is 2.18. The fraction of sp³-hybridized carbons (Fsp3) is 0.250. The van der Waals surface area contributed by atoms with E-state index in [0.29, 0.717) is 21.3 Å². The Morgan fingerprint density at radius 3 is 2.65 bits per heavy atom. The third-order valence-electron chi connectivity index (χ3n) is 2.69. The third kappa shape index (κ3) is 2.32. The second-order valence-corrected chi connectivity index (χ2v) is 4.66. The molecular formula is C12H12Cl2N2O. The Morgan fingerprint density at radius 1 is 1.35 bits per heavy atom. The fourth-order valence-electron chi connectivity index (χ4n) is 1.61. The van der Waals surface area contributed by atoms with Crippen LogP contribution < -0.4 is 0 Å². The average Bonchev–Trinajstić information content (AvgIpc) is 2.62. The van der Waals surface area contributed by atoms with E-state index in [4.69, 9.17) is 23.2 Å². The molecule has 0 saturated heterocycles. The van der Waals surface area contributed by atoms with Crippen LogP contribution >= 0.6 is 23.2 Å². The van der Waals surface area contributed by atoms with Crippen LogP contribution in [0.3, 0.4) is 0 Å². The molecule has 1 aromatic heterocycles. The molecule has 5 heteroatoms. The molecule has 0 fully saturated rings. The fourth-order valence-corrected chi connectivity index (χ4v) is 2.02. The van der Waals surface area contributed by atoms with Crippen LogP contribution in [0, 0.1) is 6.92 Å². The van der Waals surface area contributed by atoms with Crippen LogP contribution in [-0.4, -0.2) is 14.9 Å². The van der Waals surface area contributed by atoms with Gasteiger partial charge in [-0.05, 0) is 19.1 Å². The van der Waals surface area contributed by atoms with Gasteiger partial charge >= 0.3 is 0 Å². The molecule has 1 aromatic carbocycles. The summed E-state index contributed by atoms with van der Waals surface area (Å²) in [6.07, 6.45) is -0.860. The number of aryl methyl sites for hydroxylation is 2. The van der Waals surface area contributed by atoms with E-state index in [0.717, 1.165) is 5.69 Å². The lowest BCUT2D eigenvalue weighted by molar-refractivity contribution is 0.214.